The first-order chi connectivity index (χ1) is 11.1. The number of likely N-dealkylation sites (tertiary alicyclic amines) is 1. The normalized spacial score (nSPS) is 18.0. The predicted octanol–water partition coefficient (Wildman–Crippen LogP) is 3.93. The minimum absolute atomic E-state index is 0.0386. The van der Waals surface area contributed by atoms with Crippen LogP contribution in [-0.4, -0.2) is 41.7 Å². The monoisotopic (exact) mass is 338 g/mol. The summed E-state index contributed by atoms with van der Waals surface area (Å²) in [6, 6.07) is 5.86. The zero-order chi connectivity index (χ0) is 16.7. The van der Waals surface area contributed by atoms with Crippen molar-refractivity contribution in [3.8, 4) is 0 Å². The number of carbonyl (C=O) groups excluding carboxylic acids is 1. The van der Waals surface area contributed by atoms with E-state index in [-0.39, 0.29) is 18.6 Å². The number of aliphatic hydroxyl groups excluding tert-OH is 1. The Kier molecular flexibility index (Phi) is 7.18. The number of piperidine rings is 1. The molecule has 2 rings (SSSR count). The third-order valence-corrected chi connectivity index (χ3v) is 4.74. The van der Waals surface area contributed by atoms with Crippen LogP contribution in [0.5, 0.6) is 0 Å². The molecule has 0 bridgehead atoms. The van der Waals surface area contributed by atoms with Gasteiger partial charge in [0.25, 0.3) is 5.91 Å². The number of rotatable bonds is 7. The second kappa shape index (κ2) is 9.14. The SMILES string of the molecule is CC1CCCCN1C(=O)c1ccc(NCCCCCO)cc1Cl. The van der Waals surface area contributed by atoms with E-state index in [0.717, 1.165) is 50.9 Å². The molecule has 1 amide bonds. The largest absolute Gasteiger partial charge is 0.396 e. The molecule has 1 aromatic carbocycles. The molecule has 0 spiro atoms. The fourth-order valence-electron chi connectivity index (χ4n) is 3.00. The summed E-state index contributed by atoms with van der Waals surface area (Å²) in [7, 11) is 0. The summed E-state index contributed by atoms with van der Waals surface area (Å²) in [6.07, 6.45) is 6.17. The number of hydrogen-bond acceptors (Lipinski definition) is 3. The highest BCUT2D eigenvalue weighted by atomic mass is 35.5. The third kappa shape index (κ3) is 5.11. The van der Waals surface area contributed by atoms with Crippen LogP contribution in [0.3, 0.4) is 0 Å². The van der Waals surface area contributed by atoms with Gasteiger partial charge in [-0.15, -0.1) is 0 Å². The Morgan fingerprint density at radius 1 is 1.35 bits per heavy atom. The van der Waals surface area contributed by atoms with Gasteiger partial charge >= 0.3 is 0 Å². The summed E-state index contributed by atoms with van der Waals surface area (Å²) >= 11 is 6.33. The van der Waals surface area contributed by atoms with E-state index in [4.69, 9.17) is 16.7 Å². The highest BCUT2D eigenvalue weighted by Gasteiger charge is 2.25. The van der Waals surface area contributed by atoms with Crippen molar-refractivity contribution < 1.29 is 9.90 Å². The minimum atomic E-state index is 0.0386. The Hall–Kier alpha value is -1.26. The van der Waals surface area contributed by atoms with E-state index >= 15 is 0 Å². The van der Waals surface area contributed by atoms with Crippen LogP contribution in [0.4, 0.5) is 5.69 Å². The molecular formula is C18H27ClN2O2. The van der Waals surface area contributed by atoms with Crippen molar-refractivity contribution >= 4 is 23.2 Å². The first-order valence-electron chi connectivity index (χ1n) is 8.58. The molecule has 0 radical (unpaired) electrons. The van der Waals surface area contributed by atoms with Crippen LogP contribution in [-0.2, 0) is 0 Å². The zero-order valence-corrected chi connectivity index (χ0v) is 14.6. The maximum Gasteiger partial charge on any atom is 0.255 e. The molecule has 1 unspecified atom stereocenters. The fraction of sp³-hybridized carbons (Fsp3) is 0.611. The van der Waals surface area contributed by atoms with Crippen LogP contribution >= 0.6 is 11.6 Å². The molecular weight excluding hydrogens is 312 g/mol. The molecule has 0 saturated carbocycles. The van der Waals surface area contributed by atoms with Gasteiger partial charge in [-0.1, -0.05) is 11.6 Å². The Balaban J connectivity index is 1.94. The predicted molar refractivity (Wildman–Crippen MR) is 95.2 cm³/mol. The average molecular weight is 339 g/mol. The Bertz CT molecular complexity index is 522. The second-order valence-electron chi connectivity index (χ2n) is 6.25. The van der Waals surface area contributed by atoms with Crippen molar-refractivity contribution in [2.45, 2.75) is 51.5 Å². The third-order valence-electron chi connectivity index (χ3n) is 4.43. The fourth-order valence-corrected chi connectivity index (χ4v) is 3.26. The smallest absolute Gasteiger partial charge is 0.255 e. The van der Waals surface area contributed by atoms with Gasteiger partial charge in [-0.25, -0.2) is 0 Å². The molecule has 128 valence electrons. The quantitative estimate of drug-likeness (QED) is 0.741. The molecule has 4 nitrogen and oxygen atoms in total. The second-order valence-corrected chi connectivity index (χ2v) is 6.66. The van der Waals surface area contributed by atoms with Gasteiger partial charge in [0.05, 0.1) is 10.6 Å². The molecule has 1 atom stereocenters. The number of nitrogens with one attached hydrogen (secondary N) is 1. The molecule has 1 saturated heterocycles. The van der Waals surface area contributed by atoms with E-state index < -0.39 is 0 Å². The number of benzene rings is 1. The van der Waals surface area contributed by atoms with E-state index in [1.165, 1.54) is 6.42 Å². The lowest BCUT2D eigenvalue weighted by Gasteiger charge is -2.33. The van der Waals surface area contributed by atoms with E-state index in [2.05, 4.69) is 12.2 Å². The van der Waals surface area contributed by atoms with Gasteiger partial charge in [-0.05, 0) is 63.6 Å². The number of nitrogens with zero attached hydrogens (tertiary/aromatic N) is 1. The lowest BCUT2D eigenvalue weighted by atomic mass is 10.0. The van der Waals surface area contributed by atoms with Gasteiger partial charge < -0.3 is 15.3 Å². The molecule has 1 fully saturated rings. The topological polar surface area (TPSA) is 52.6 Å². The van der Waals surface area contributed by atoms with Crippen molar-refractivity contribution in [2.24, 2.45) is 0 Å². The summed E-state index contributed by atoms with van der Waals surface area (Å²) < 4.78 is 0. The number of amides is 1. The van der Waals surface area contributed by atoms with Crippen LogP contribution in [0.2, 0.25) is 5.02 Å². The Labute approximate surface area is 143 Å². The van der Waals surface area contributed by atoms with Crippen LogP contribution < -0.4 is 5.32 Å². The maximum absolute atomic E-state index is 12.7. The number of aliphatic hydroxyl groups is 1. The number of halogens is 1. The summed E-state index contributed by atoms with van der Waals surface area (Å²) in [5.41, 5.74) is 1.52. The van der Waals surface area contributed by atoms with Crippen LogP contribution in [0.1, 0.15) is 55.8 Å². The Morgan fingerprint density at radius 3 is 2.87 bits per heavy atom. The van der Waals surface area contributed by atoms with E-state index in [1.54, 1.807) is 0 Å². The first-order valence-corrected chi connectivity index (χ1v) is 8.96. The molecule has 1 aliphatic heterocycles. The summed E-state index contributed by atoms with van der Waals surface area (Å²) in [5, 5.41) is 12.6. The Morgan fingerprint density at radius 2 is 2.17 bits per heavy atom. The van der Waals surface area contributed by atoms with Crippen molar-refractivity contribution in [1.29, 1.82) is 0 Å². The van der Waals surface area contributed by atoms with Crippen molar-refractivity contribution in [3.63, 3.8) is 0 Å². The highest BCUT2D eigenvalue weighted by molar-refractivity contribution is 6.34. The van der Waals surface area contributed by atoms with Crippen molar-refractivity contribution in [1.82, 2.24) is 4.90 Å². The summed E-state index contributed by atoms with van der Waals surface area (Å²) in [6.45, 7) is 4.01. The molecule has 23 heavy (non-hydrogen) atoms. The van der Waals surface area contributed by atoms with Gasteiger partial charge in [-0.3, -0.25) is 4.79 Å². The lowest BCUT2D eigenvalue weighted by Crippen LogP contribution is -2.42. The van der Waals surface area contributed by atoms with Crippen molar-refractivity contribution in [2.75, 3.05) is 25.0 Å². The molecule has 5 heteroatoms. The van der Waals surface area contributed by atoms with Crippen LogP contribution in [0.25, 0.3) is 0 Å². The van der Waals surface area contributed by atoms with Gasteiger partial charge in [-0.2, -0.15) is 0 Å². The average Bonchev–Trinajstić information content (AvgIpc) is 2.55. The highest BCUT2D eigenvalue weighted by Crippen LogP contribution is 2.25. The van der Waals surface area contributed by atoms with Crippen molar-refractivity contribution in [3.05, 3.63) is 28.8 Å². The molecule has 0 aliphatic carbocycles. The molecule has 2 N–H and O–H groups in total. The van der Waals surface area contributed by atoms with Gasteiger partial charge in [0, 0.05) is 31.4 Å². The van der Waals surface area contributed by atoms with Crippen LogP contribution in [0.15, 0.2) is 18.2 Å². The lowest BCUT2D eigenvalue weighted by molar-refractivity contribution is 0.0636. The van der Waals surface area contributed by atoms with E-state index in [9.17, 15) is 4.79 Å². The van der Waals surface area contributed by atoms with E-state index in [0.29, 0.717) is 10.6 Å². The molecule has 1 aromatic rings. The number of hydrogen-bond donors (Lipinski definition) is 2. The van der Waals surface area contributed by atoms with E-state index in [1.807, 2.05) is 23.1 Å². The van der Waals surface area contributed by atoms with Gasteiger partial charge in [0.1, 0.15) is 0 Å². The van der Waals surface area contributed by atoms with Crippen LogP contribution in [0, 0.1) is 0 Å². The number of carbonyl (C=O) groups is 1. The molecule has 0 aromatic heterocycles. The summed E-state index contributed by atoms with van der Waals surface area (Å²) in [5.74, 6) is 0.0386. The number of anilines is 1. The maximum atomic E-state index is 12.7. The van der Waals surface area contributed by atoms with Gasteiger partial charge in [0.15, 0.2) is 0 Å². The first kappa shape index (κ1) is 18.1. The summed E-state index contributed by atoms with van der Waals surface area (Å²) in [4.78, 5) is 14.6. The molecule has 1 aliphatic rings. The molecule has 1 heterocycles. The number of unbranched alkanes of at least 4 members (excludes halogenated alkanes) is 2. The minimum Gasteiger partial charge on any atom is -0.396 e. The zero-order valence-electron chi connectivity index (χ0n) is 13.9. The standard InChI is InChI=1S/C18H27ClN2O2/c1-14-7-3-5-11-21(14)18(23)16-9-8-15(13-17(16)19)20-10-4-2-6-12-22/h8-9,13-14,20,22H,2-7,10-12H2,1H3. The van der Waals surface area contributed by atoms with Gasteiger partial charge in [0.2, 0.25) is 0 Å².